The Bertz CT molecular complexity index is 823. The molecule has 2 unspecified atom stereocenters. The average molecular weight is 640 g/mol. The molecule has 0 radical (unpaired) electrons. The zero-order valence-corrected chi connectivity index (χ0v) is 30.1. The maximum atomic E-state index is 12.3. The van der Waals surface area contributed by atoms with Crippen molar-refractivity contribution in [3.05, 3.63) is 72.9 Å². The van der Waals surface area contributed by atoms with Gasteiger partial charge in [-0.2, -0.15) is 0 Å². The van der Waals surface area contributed by atoms with Crippen molar-refractivity contribution in [2.75, 3.05) is 6.61 Å². The lowest BCUT2D eigenvalue weighted by Gasteiger charge is -2.19. The third kappa shape index (κ3) is 33.2. The zero-order valence-electron chi connectivity index (χ0n) is 30.1. The third-order valence-electron chi connectivity index (χ3n) is 8.22. The Morgan fingerprint density at radius 2 is 0.935 bits per heavy atom. The van der Waals surface area contributed by atoms with Gasteiger partial charge in [0.15, 0.2) is 0 Å². The van der Waals surface area contributed by atoms with E-state index in [0.717, 1.165) is 44.9 Å². The summed E-state index contributed by atoms with van der Waals surface area (Å²) >= 11 is 0. The van der Waals surface area contributed by atoms with Crippen LogP contribution in [0.2, 0.25) is 0 Å². The molecule has 0 saturated carbocycles. The smallest absolute Gasteiger partial charge is 0.224 e. The average Bonchev–Trinajstić information content (AvgIpc) is 3.06. The number of aliphatic hydroxyl groups excluding tert-OH is 2. The van der Waals surface area contributed by atoms with Crippen LogP contribution in [0.1, 0.15) is 168 Å². The zero-order chi connectivity index (χ0) is 33.6. The molecule has 46 heavy (non-hydrogen) atoms. The van der Waals surface area contributed by atoms with E-state index in [9.17, 15) is 15.0 Å². The molecule has 4 nitrogen and oxygen atoms in total. The molecule has 0 aliphatic carbocycles. The van der Waals surface area contributed by atoms with Crippen LogP contribution in [0, 0.1) is 0 Å². The van der Waals surface area contributed by atoms with Crippen LogP contribution < -0.4 is 5.32 Å². The van der Waals surface area contributed by atoms with Gasteiger partial charge in [-0.15, -0.1) is 0 Å². The Morgan fingerprint density at radius 1 is 0.543 bits per heavy atom. The second-order valence-corrected chi connectivity index (χ2v) is 12.6. The first kappa shape index (κ1) is 43.8. The number of hydrogen-bond acceptors (Lipinski definition) is 3. The molecule has 3 N–H and O–H groups in total. The van der Waals surface area contributed by atoms with E-state index in [1.165, 1.54) is 103 Å². The minimum absolute atomic E-state index is 0.193. The standard InChI is InChI=1S/C42H73NO3/c1-3-5-7-9-11-13-15-17-19-20-21-22-24-25-27-29-31-33-35-37-41(45)40(39-44)43-42(46)38-36-34-32-30-28-26-23-18-16-14-12-10-8-6-4-2/h6,8,12,14,18,23,28,30,34-37,40-41,44-45H,3-5,7,9-11,13,15-17,19-22,24-27,29,31-33,38-39H2,1-2H3,(H,43,46)/b8-6-,14-12-,23-18-,30-28-,36-34-,37-35+. The van der Waals surface area contributed by atoms with Crippen molar-refractivity contribution >= 4 is 5.91 Å². The molecule has 0 spiro atoms. The van der Waals surface area contributed by atoms with Crippen LogP contribution in [0.15, 0.2) is 72.9 Å². The number of nitrogens with one attached hydrogen (secondary N) is 1. The number of rotatable bonds is 33. The maximum Gasteiger partial charge on any atom is 0.224 e. The van der Waals surface area contributed by atoms with Gasteiger partial charge >= 0.3 is 0 Å². The molecule has 264 valence electrons. The summed E-state index contributed by atoms with van der Waals surface area (Å²) in [7, 11) is 0. The first-order valence-electron chi connectivity index (χ1n) is 19.2. The third-order valence-corrected chi connectivity index (χ3v) is 8.22. The number of carbonyl (C=O) groups is 1. The van der Waals surface area contributed by atoms with E-state index in [4.69, 9.17) is 0 Å². The fraction of sp³-hybridized carbons (Fsp3) is 0.690. The highest BCUT2D eigenvalue weighted by Crippen LogP contribution is 2.14. The van der Waals surface area contributed by atoms with Gasteiger partial charge in [0.25, 0.3) is 0 Å². The predicted molar refractivity (Wildman–Crippen MR) is 202 cm³/mol. The molecule has 0 fully saturated rings. The Kier molecular flexibility index (Phi) is 35.5. The maximum absolute atomic E-state index is 12.3. The summed E-state index contributed by atoms with van der Waals surface area (Å²) in [6, 6.07) is -0.679. The van der Waals surface area contributed by atoms with Crippen LogP contribution in [0.3, 0.4) is 0 Å². The minimum Gasteiger partial charge on any atom is -0.394 e. The predicted octanol–water partition coefficient (Wildman–Crippen LogP) is 11.6. The molecule has 0 heterocycles. The van der Waals surface area contributed by atoms with Crippen molar-refractivity contribution in [1.82, 2.24) is 5.32 Å². The van der Waals surface area contributed by atoms with Crippen molar-refractivity contribution in [2.24, 2.45) is 0 Å². The van der Waals surface area contributed by atoms with Gasteiger partial charge in [-0.3, -0.25) is 4.79 Å². The van der Waals surface area contributed by atoms with Gasteiger partial charge in [-0.05, 0) is 44.9 Å². The van der Waals surface area contributed by atoms with E-state index in [2.05, 4.69) is 67.8 Å². The quantitative estimate of drug-likeness (QED) is 0.0494. The molecular formula is C42H73NO3. The number of carbonyl (C=O) groups excluding carboxylic acids is 1. The molecule has 0 aromatic carbocycles. The first-order chi connectivity index (χ1) is 22.7. The number of allylic oxidation sites excluding steroid dienone is 10. The lowest BCUT2D eigenvalue weighted by atomic mass is 10.0. The topological polar surface area (TPSA) is 69.6 Å². The Morgan fingerprint density at radius 3 is 1.35 bits per heavy atom. The molecular weight excluding hydrogens is 566 g/mol. The molecule has 2 atom stereocenters. The molecule has 0 aromatic heterocycles. The second-order valence-electron chi connectivity index (χ2n) is 12.6. The summed E-state index contributed by atoms with van der Waals surface area (Å²) in [5.41, 5.74) is 0. The van der Waals surface area contributed by atoms with Gasteiger partial charge in [0.1, 0.15) is 0 Å². The van der Waals surface area contributed by atoms with Crippen molar-refractivity contribution in [3.8, 4) is 0 Å². The van der Waals surface area contributed by atoms with Crippen LogP contribution in [-0.4, -0.2) is 34.9 Å². The summed E-state index contributed by atoms with van der Waals surface area (Å²) in [4.78, 5) is 12.3. The molecule has 0 rings (SSSR count). The Hall–Kier alpha value is -2.17. The lowest BCUT2D eigenvalue weighted by Crippen LogP contribution is -2.44. The van der Waals surface area contributed by atoms with Gasteiger partial charge in [0.2, 0.25) is 5.91 Å². The first-order valence-corrected chi connectivity index (χ1v) is 19.2. The summed E-state index contributed by atoms with van der Waals surface area (Å²) < 4.78 is 0. The summed E-state index contributed by atoms with van der Waals surface area (Å²) in [6.45, 7) is 4.14. The highest BCUT2D eigenvalue weighted by atomic mass is 16.3. The number of unbranched alkanes of at least 4 members (excludes halogenated alkanes) is 17. The van der Waals surface area contributed by atoms with Crippen LogP contribution in [-0.2, 0) is 4.79 Å². The van der Waals surface area contributed by atoms with Gasteiger partial charge in [-0.1, -0.05) is 189 Å². The molecule has 0 aromatic rings. The van der Waals surface area contributed by atoms with Crippen LogP contribution in [0.4, 0.5) is 0 Å². The monoisotopic (exact) mass is 640 g/mol. The van der Waals surface area contributed by atoms with Crippen molar-refractivity contribution < 1.29 is 15.0 Å². The number of amides is 1. The van der Waals surface area contributed by atoms with Crippen molar-refractivity contribution in [2.45, 2.75) is 180 Å². The summed E-state index contributed by atoms with van der Waals surface area (Å²) in [5, 5.41) is 22.8. The van der Waals surface area contributed by atoms with E-state index in [1.54, 1.807) is 6.08 Å². The molecule has 0 saturated heterocycles. The highest BCUT2D eigenvalue weighted by Gasteiger charge is 2.17. The summed E-state index contributed by atoms with van der Waals surface area (Å²) in [5.74, 6) is -0.193. The van der Waals surface area contributed by atoms with Gasteiger partial charge in [-0.25, -0.2) is 0 Å². The van der Waals surface area contributed by atoms with Crippen molar-refractivity contribution in [1.29, 1.82) is 0 Å². The lowest BCUT2D eigenvalue weighted by molar-refractivity contribution is -0.122. The van der Waals surface area contributed by atoms with E-state index < -0.39 is 12.1 Å². The SMILES string of the molecule is CC/C=C\C/C=C\C/C=C\C/C=C\C/C=C\CC(=O)NC(CO)C(O)/C=C/CCCCCCCCCCCCCCCCCCC. The molecule has 1 amide bonds. The van der Waals surface area contributed by atoms with Crippen LogP contribution in [0.5, 0.6) is 0 Å². The van der Waals surface area contributed by atoms with E-state index in [-0.39, 0.29) is 18.9 Å². The van der Waals surface area contributed by atoms with Gasteiger partial charge in [0.05, 0.1) is 18.8 Å². The molecule has 0 aliphatic heterocycles. The van der Waals surface area contributed by atoms with Crippen LogP contribution in [0.25, 0.3) is 0 Å². The Labute approximate surface area is 285 Å². The Balaban J connectivity index is 3.75. The van der Waals surface area contributed by atoms with Crippen molar-refractivity contribution in [3.63, 3.8) is 0 Å². The fourth-order valence-corrected chi connectivity index (χ4v) is 5.30. The minimum atomic E-state index is -0.881. The highest BCUT2D eigenvalue weighted by molar-refractivity contribution is 5.77. The van der Waals surface area contributed by atoms with Gasteiger partial charge < -0.3 is 15.5 Å². The fourth-order valence-electron chi connectivity index (χ4n) is 5.30. The molecule has 0 bridgehead atoms. The second kappa shape index (κ2) is 37.3. The summed E-state index contributed by atoms with van der Waals surface area (Å²) in [6.07, 6.45) is 53.0. The van der Waals surface area contributed by atoms with E-state index >= 15 is 0 Å². The van der Waals surface area contributed by atoms with E-state index in [1.807, 2.05) is 18.2 Å². The number of hydrogen-bond donors (Lipinski definition) is 3. The largest absolute Gasteiger partial charge is 0.394 e. The number of aliphatic hydroxyl groups is 2. The van der Waals surface area contributed by atoms with Gasteiger partial charge in [0, 0.05) is 6.42 Å². The van der Waals surface area contributed by atoms with Crippen LogP contribution >= 0.6 is 0 Å². The van der Waals surface area contributed by atoms with E-state index in [0.29, 0.717) is 0 Å². The molecule has 0 aliphatic rings. The molecule has 4 heteroatoms. The normalized spacial score (nSPS) is 13.9.